The van der Waals surface area contributed by atoms with Crippen LogP contribution in [0, 0.1) is 0 Å². The van der Waals surface area contributed by atoms with Gasteiger partial charge in [0.15, 0.2) is 24.7 Å². The lowest BCUT2D eigenvalue weighted by atomic mass is 10.1. The molecule has 8 nitrogen and oxygen atoms in total. The maximum absolute atomic E-state index is 12.0. The van der Waals surface area contributed by atoms with Crippen molar-refractivity contribution in [2.75, 3.05) is 20.3 Å². The Kier molecular flexibility index (Phi) is 6.83. The highest BCUT2D eigenvalue weighted by molar-refractivity contribution is 5.85. The van der Waals surface area contributed by atoms with Gasteiger partial charge in [-0.25, -0.2) is 5.43 Å². The minimum Gasteiger partial charge on any atom is -0.493 e. The lowest BCUT2D eigenvalue weighted by molar-refractivity contribution is -0.123. The fraction of sp³-hybridized carbons (Fsp3) is 0.136. The fourth-order valence-electron chi connectivity index (χ4n) is 2.65. The Morgan fingerprint density at radius 1 is 0.967 bits per heavy atom. The minimum atomic E-state index is -0.587. The van der Waals surface area contributed by atoms with Gasteiger partial charge in [0.05, 0.1) is 13.3 Å². The van der Waals surface area contributed by atoms with Crippen LogP contribution in [0.3, 0.4) is 0 Å². The number of rotatable bonds is 9. The number of hydrazone groups is 1. The summed E-state index contributed by atoms with van der Waals surface area (Å²) < 4.78 is 16.0. The summed E-state index contributed by atoms with van der Waals surface area (Å²) in [6.07, 6.45) is 1.45. The smallest absolute Gasteiger partial charge is 0.277 e. The van der Waals surface area contributed by atoms with E-state index in [1.165, 1.54) is 13.3 Å². The molecule has 0 radical (unpaired) electrons. The van der Waals surface area contributed by atoms with Gasteiger partial charge in [-0.15, -0.1) is 0 Å². The van der Waals surface area contributed by atoms with Crippen molar-refractivity contribution in [2.45, 2.75) is 0 Å². The third kappa shape index (κ3) is 5.71. The van der Waals surface area contributed by atoms with Gasteiger partial charge < -0.3 is 19.9 Å². The molecule has 0 saturated carbocycles. The summed E-state index contributed by atoms with van der Waals surface area (Å²) >= 11 is 0. The zero-order valence-electron chi connectivity index (χ0n) is 16.3. The highest BCUT2D eigenvalue weighted by Gasteiger charge is 2.07. The molecular weight excluding hydrogens is 386 g/mol. The summed E-state index contributed by atoms with van der Waals surface area (Å²) in [6, 6.07) is 18.5. The van der Waals surface area contributed by atoms with Crippen LogP contribution in [-0.2, 0) is 9.59 Å². The Bertz CT molecular complexity index is 1080. The number of nitrogens with one attached hydrogen (secondary N) is 1. The third-order valence-electron chi connectivity index (χ3n) is 4.05. The number of methoxy groups -OCH3 is 1. The van der Waals surface area contributed by atoms with E-state index in [1.54, 1.807) is 18.2 Å². The predicted molar refractivity (Wildman–Crippen MR) is 113 cm³/mol. The van der Waals surface area contributed by atoms with Crippen LogP contribution in [0.4, 0.5) is 0 Å². The molecule has 0 saturated heterocycles. The number of carbonyl (C=O) groups excluding carboxylic acids is 2. The first kappa shape index (κ1) is 20.7. The molecule has 154 valence electrons. The van der Waals surface area contributed by atoms with Crippen LogP contribution in [-0.4, -0.2) is 38.4 Å². The maximum Gasteiger partial charge on any atom is 0.277 e. The first-order chi connectivity index (χ1) is 14.5. The van der Waals surface area contributed by atoms with Crippen molar-refractivity contribution in [3.05, 3.63) is 66.2 Å². The Balaban J connectivity index is 1.52. The van der Waals surface area contributed by atoms with Gasteiger partial charge in [-0.2, -0.15) is 5.10 Å². The zero-order valence-corrected chi connectivity index (χ0v) is 16.3. The van der Waals surface area contributed by atoms with Gasteiger partial charge in [-0.3, -0.25) is 9.59 Å². The number of nitrogens with zero attached hydrogens (tertiary/aromatic N) is 1. The second-order valence-electron chi connectivity index (χ2n) is 6.26. The van der Waals surface area contributed by atoms with Crippen molar-refractivity contribution >= 4 is 28.8 Å². The molecule has 0 aromatic heterocycles. The van der Waals surface area contributed by atoms with Crippen molar-refractivity contribution in [2.24, 2.45) is 10.8 Å². The molecular formula is C22H21N3O5. The monoisotopic (exact) mass is 407 g/mol. The summed E-state index contributed by atoms with van der Waals surface area (Å²) in [6.45, 7) is -0.421. The van der Waals surface area contributed by atoms with E-state index in [-0.39, 0.29) is 13.2 Å². The number of carbonyl (C=O) groups is 2. The van der Waals surface area contributed by atoms with E-state index in [0.717, 1.165) is 10.8 Å². The Morgan fingerprint density at radius 3 is 2.53 bits per heavy atom. The number of hydrogen-bond donors (Lipinski definition) is 2. The van der Waals surface area contributed by atoms with Gasteiger partial charge in [-0.1, -0.05) is 30.3 Å². The van der Waals surface area contributed by atoms with E-state index in [0.29, 0.717) is 22.8 Å². The number of benzene rings is 3. The third-order valence-corrected chi connectivity index (χ3v) is 4.05. The number of ether oxygens (including phenoxy) is 3. The zero-order chi connectivity index (χ0) is 21.3. The molecule has 0 heterocycles. The summed E-state index contributed by atoms with van der Waals surface area (Å²) in [4.78, 5) is 22.8. The molecule has 0 aliphatic heterocycles. The molecule has 3 aromatic rings. The van der Waals surface area contributed by atoms with Crippen LogP contribution >= 0.6 is 0 Å². The standard InChI is InChI=1S/C22H21N3O5/c1-28-20-10-15(6-9-19(20)30-13-21(23)26)12-24-25-22(27)14-29-18-8-7-16-4-2-3-5-17(16)11-18/h2-12H,13-14H2,1H3,(H2,23,26)(H,25,27). The first-order valence-corrected chi connectivity index (χ1v) is 9.08. The quantitative estimate of drug-likeness (QED) is 0.417. The molecule has 0 atom stereocenters. The number of primary amides is 1. The second kappa shape index (κ2) is 9.92. The molecule has 0 unspecified atom stereocenters. The Morgan fingerprint density at radius 2 is 1.77 bits per heavy atom. The Hall–Kier alpha value is -4.07. The number of hydrogen-bond acceptors (Lipinski definition) is 6. The largest absolute Gasteiger partial charge is 0.493 e. The van der Waals surface area contributed by atoms with E-state index in [2.05, 4.69) is 10.5 Å². The highest BCUT2D eigenvalue weighted by Crippen LogP contribution is 2.27. The van der Waals surface area contributed by atoms with Crippen LogP contribution in [0.25, 0.3) is 10.8 Å². The van der Waals surface area contributed by atoms with Gasteiger partial charge >= 0.3 is 0 Å². The predicted octanol–water partition coefficient (Wildman–Crippen LogP) is 2.24. The minimum absolute atomic E-state index is 0.168. The number of amides is 2. The van der Waals surface area contributed by atoms with Gasteiger partial charge in [0, 0.05) is 0 Å². The molecule has 0 fully saturated rings. The van der Waals surface area contributed by atoms with Crippen LogP contribution in [0.1, 0.15) is 5.56 Å². The van der Waals surface area contributed by atoms with Gasteiger partial charge in [0.2, 0.25) is 0 Å². The van der Waals surface area contributed by atoms with E-state index in [4.69, 9.17) is 19.9 Å². The van der Waals surface area contributed by atoms with E-state index < -0.39 is 11.8 Å². The van der Waals surface area contributed by atoms with Crippen molar-refractivity contribution in [3.8, 4) is 17.2 Å². The summed E-state index contributed by atoms with van der Waals surface area (Å²) in [5.41, 5.74) is 8.13. The van der Waals surface area contributed by atoms with Crippen molar-refractivity contribution in [1.29, 1.82) is 0 Å². The molecule has 0 aliphatic rings. The SMILES string of the molecule is COc1cc(C=NNC(=O)COc2ccc3ccccc3c2)ccc1OCC(N)=O. The number of fused-ring (bicyclic) bond motifs is 1. The summed E-state index contributed by atoms with van der Waals surface area (Å²) in [5.74, 6) is 0.403. The molecule has 0 aliphatic carbocycles. The maximum atomic E-state index is 12.0. The fourth-order valence-corrected chi connectivity index (χ4v) is 2.65. The van der Waals surface area contributed by atoms with E-state index >= 15 is 0 Å². The normalized spacial score (nSPS) is 10.7. The molecule has 3 rings (SSSR count). The van der Waals surface area contributed by atoms with Crippen LogP contribution < -0.4 is 25.4 Å². The average Bonchev–Trinajstić information content (AvgIpc) is 2.76. The van der Waals surface area contributed by atoms with Gasteiger partial charge in [-0.05, 0) is 46.7 Å². The van der Waals surface area contributed by atoms with Crippen molar-refractivity contribution in [3.63, 3.8) is 0 Å². The number of nitrogens with two attached hydrogens (primary N) is 1. The van der Waals surface area contributed by atoms with E-state index in [9.17, 15) is 9.59 Å². The second-order valence-corrected chi connectivity index (χ2v) is 6.26. The van der Waals surface area contributed by atoms with Crippen LogP contribution in [0.15, 0.2) is 65.8 Å². The molecule has 2 amide bonds. The molecule has 3 N–H and O–H groups in total. The molecule has 0 spiro atoms. The first-order valence-electron chi connectivity index (χ1n) is 9.08. The molecule has 30 heavy (non-hydrogen) atoms. The van der Waals surface area contributed by atoms with Crippen LogP contribution in [0.5, 0.6) is 17.2 Å². The van der Waals surface area contributed by atoms with E-state index in [1.807, 2.05) is 42.5 Å². The molecule has 8 heteroatoms. The van der Waals surface area contributed by atoms with Crippen molar-refractivity contribution < 1.29 is 23.8 Å². The van der Waals surface area contributed by atoms with Crippen LogP contribution in [0.2, 0.25) is 0 Å². The topological polar surface area (TPSA) is 112 Å². The summed E-state index contributed by atoms with van der Waals surface area (Å²) in [5, 5.41) is 6.04. The van der Waals surface area contributed by atoms with Gasteiger partial charge in [0.25, 0.3) is 11.8 Å². The average molecular weight is 407 g/mol. The van der Waals surface area contributed by atoms with Gasteiger partial charge in [0.1, 0.15) is 5.75 Å². The molecule has 0 bridgehead atoms. The summed E-state index contributed by atoms with van der Waals surface area (Å²) in [7, 11) is 1.47. The Labute approximate surface area is 173 Å². The lowest BCUT2D eigenvalue weighted by Gasteiger charge is -2.09. The lowest BCUT2D eigenvalue weighted by Crippen LogP contribution is -2.24. The van der Waals surface area contributed by atoms with Crippen molar-refractivity contribution in [1.82, 2.24) is 5.43 Å². The molecule has 3 aromatic carbocycles. The highest BCUT2D eigenvalue weighted by atomic mass is 16.5.